The lowest BCUT2D eigenvalue weighted by atomic mass is 10.2. The summed E-state index contributed by atoms with van der Waals surface area (Å²) in [6, 6.07) is 15.5. The van der Waals surface area contributed by atoms with E-state index in [4.69, 9.17) is 37.4 Å². The highest BCUT2D eigenvalue weighted by atomic mass is 35.5. The fraction of sp³-hybridized carbons (Fsp3) is 0.208. The van der Waals surface area contributed by atoms with Crippen molar-refractivity contribution in [3.8, 4) is 17.2 Å². The van der Waals surface area contributed by atoms with Crippen molar-refractivity contribution < 1.29 is 27.4 Å². The van der Waals surface area contributed by atoms with E-state index in [0.29, 0.717) is 27.1 Å². The Morgan fingerprint density at radius 2 is 1.57 bits per heavy atom. The summed E-state index contributed by atoms with van der Waals surface area (Å²) in [6.07, 6.45) is 0. The molecule has 0 aliphatic heterocycles. The first-order valence-corrected chi connectivity index (χ1v) is 12.5. The number of ether oxygens (including phenoxy) is 3. The Kier molecular flexibility index (Phi) is 8.71. The molecule has 0 aliphatic carbocycles. The van der Waals surface area contributed by atoms with Crippen LogP contribution in [0, 0.1) is 0 Å². The molecule has 186 valence electrons. The minimum atomic E-state index is -4.17. The van der Waals surface area contributed by atoms with E-state index in [1.807, 2.05) is 0 Å². The third kappa shape index (κ3) is 6.30. The van der Waals surface area contributed by atoms with Crippen LogP contribution >= 0.6 is 23.2 Å². The molecule has 11 heteroatoms. The number of rotatable bonds is 10. The average Bonchev–Trinajstić information content (AvgIpc) is 2.86. The van der Waals surface area contributed by atoms with Crippen LogP contribution in [0.5, 0.6) is 17.2 Å². The normalized spacial score (nSPS) is 11.0. The molecule has 1 N–H and O–H groups in total. The first-order valence-electron chi connectivity index (χ1n) is 10.3. The molecule has 0 unspecified atom stereocenters. The summed E-state index contributed by atoms with van der Waals surface area (Å²) >= 11 is 12.1. The average molecular weight is 539 g/mol. The van der Waals surface area contributed by atoms with E-state index in [1.54, 1.807) is 42.5 Å². The van der Waals surface area contributed by atoms with Gasteiger partial charge in [-0.1, -0.05) is 29.3 Å². The van der Waals surface area contributed by atoms with Crippen molar-refractivity contribution in [2.45, 2.75) is 11.4 Å². The van der Waals surface area contributed by atoms with Gasteiger partial charge in [0.25, 0.3) is 10.0 Å². The van der Waals surface area contributed by atoms with Crippen molar-refractivity contribution in [2.75, 3.05) is 32.2 Å². The predicted octanol–water partition coefficient (Wildman–Crippen LogP) is 4.53. The highest BCUT2D eigenvalue weighted by Gasteiger charge is 2.28. The zero-order valence-electron chi connectivity index (χ0n) is 19.2. The van der Waals surface area contributed by atoms with Crippen LogP contribution in [-0.2, 0) is 21.4 Å². The Morgan fingerprint density at radius 3 is 2.17 bits per heavy atom. The van der Waals surface area contributed by atoms with Gasteiger partial charge in [0.1, 0.15) is 12.3 Å². The summed E-state index contributed by atoms with van der Waals surface area (Å²) in [5.74, 6) is 0.625. The monoisotopic (exact) mass is 538 g/mol. The smallest absolute Gasteiger partial charge is 0.264 e. The van der Waals surface area contributed by atoms with Gasteiger partial charge in [0.05, 0.1) is 31.9 Å². The molecule has 0 radical (unpaired) electrons. The van der Waals surface area contributed by atoms with Gasteiger partial charge >= 0.3 is 0 Å². The number of sulfonamides is 1. The third-order valence-corrected chi connectivity index (χ3v) is 7.44. The minimum Gasteiger partial charge on any atom is -0.497 e. The fourth-order valence-corrected chi connectivity index (χ4v) is 5.13. The number of hydrogen-bond acceptors (Lipinski definition) is 6. The number of anilines is 1. The number of nitrogens with one attached hydrogen (secondary N) is 1. The lowest BCUT2D eigenvalue weighted by Gasteiger charge is -2.24. The summed E-state index contributed by atoms with van der Waals surface area (Å²) in [4.78, 5) is 12.8. The van der Waals surface area contributed by atoms with Crippen LogP contribution in [0.2, 0.25) is 10.0 Å². The van der Waals surface area contributed by atoms with Crippen LogP contribution in [0.25, 0.3) is 0 Å². The number of benzene rings is 3. The van der Waals surface area contributed by atoms with Gasteiger partial charge in [0.15, 0.2) is 11.5 Å². The highest BCUT2D eigenvalue weighted by molar-refractivity contribution is 7.92. The molecule has 0 atom stereocenters. The molecule has 3 aromatic carbocycles. The van der Waals surface area contributed by atoms with Gasteiger partial charge in [0, 0.05) is 22.7 Å². The van der Waals surface area contributed by atoms with Crippen LogP contribution in [-0.4, -0.2) is 42.2 Å². The van der Waals surface area contributed by atoms with Crippen molar-refractivity contribution in [3.05, 3.63) is 76.3 Å². The summed E-state index contributed by atoms with van der Waals surface area (Å²) < 4.78 is 43.9. The number of carbonyl (C=O) groups excluding carboxylic acids is 1. The molecule has 35 heavy (non-hydrogen) atoms. The first-order chi connectivity index (χ1) is 16.7. The van der Waals surface area contributed by atoms with Gasteiger partial charge in [-0.25, -0.2) is 8.42 Å². The maximum Gasteiger partial charge on any atom is 0.264 e. The Labute approximate surface area is 214 Å². The topological polar surface area (TPSA) is 94.2 Å². The maximum absolute atomic E-state index is 13.6. The van der Waals surface area contributed by atoms with Crippen LogP contribution in [0.3, 0.4) is 0 Å². The van der Waals surface area contributed by atoms with Gasteiger partial charge < -0.3 is 19.5 Å². The van der Waals surface area contributed by atoms with Crippen LogP contribution in [0.4, 0.5) is 5.69 Å². The Morgan fingerprint density at radius 1 is 0.886 bits per heavy atom. The first kappa shape index (κ1) is 26.5. The second-order valence-corrected chi connectivity index (χ2v) is 9.94. The lowest BCUT2D eigenvalue weighted by molar-refractivity contribution is -0.119. The van der Waals surface area contributed by atoms with Gasteiger partial charge in [-0.05, 0) is 54.1 Å². The van der Waals surface area contributed by atoms with Gasteiger partial charge in [-0.15, -0.1) is 0 Å². The number of methoxy groups -OCH3 is 3. The van der Waals surface area contributed by atoms with Crippen molar-refractivity contribution >= 4 is 44.8 Å². The lowest BCUT2D eigenvalue weighted by Crippen LogP contribution is -2.40. The Balaban J connectivity index is 1.92. The van der Waals surface area contributed by atoms with Crippen molar-refractivity contribution in [1.82, 2.24) is 5.32 Å². The zero-order valence-corrected chi connectivity index (χ0v) is 21.6. The molecule has 8 nitrogen and oxygen atoms in total. The van der Waals surface area contributed by atoms with E-state index in [9.17, 15) is 13.2 Å². The molecule has 0 saturated heterocycles. The third-order valence-electron chi connectivity index (χ3n) is 5.08. The van der Waals surface area contributed by atoms with E-state index in [-0.39, 0.29) is 22.9 Å². The van der Waals surface area contributed by atoms with E-state index in [2.05, 4.69) is 5.32 Å². The van der Waals surface area contributed by atoms with Gasteiger partial charge in [0.2, 0.25) is 5.91 Å². The molecule has 0 heterocycles. The number of hydrogen-bond donors (Lipinski definition) is 1. The molecule has 0 bridgehead atoms. The van der Waals surface area contributed by atoms with Crippen molar-refractivity contribution in [2.24, 2.45) is 0 Å². The van der Waals surface area contributed by atoms with Crippen molar-refractivity contribution in [3.63, 3.8) is 0 Å². The summed E-state index contributed by atoms with van der Waals surface area (Å²) in [7, 11) is 0.191. The van der Waals surface area contributed by atoms with E-state index in [0.717, 1.165) is 4.31 Å². The molecule has 0 aliphatic rings. The quantitative estimate of drug-likeness (QED) is 0.407. The van der Waals surface area contributed by atoms with Crippen LogP contribution < -0.4 is 23.8 Å². The second-order valence-electron chi connectivity index (χ2n) is 7.24. The van der Waals surface area contributed by atoms with Gasteiger partial charge in [-0.2, -0.15) is 0 Å². The molecule has 0 spiro atoms. The summed E-state index contributed by atoms with van der Waals surface area (Å²) in [5.41, 5.74) is 0.920. The highest BCUT2D eigenvalue weighted by Crippen LogP contribution is 2.32. The SMILES string of the molecule is COc1ccc(N(CC(=O)NCc2ccc(Cl)cc2Cl)S(=O)(=O)c2ccc(OC)c(OC)c2)cc1. The molecule has 0 fully saturated rings. The minimum absolute atomic E-state index is 0.0699. The molecule has 3 aromatic rings. The van der Waals surface area contributed by atoms with Crippen LogP contribution in [0.15, 0.2) is 65.6 Å². The molecule has 0 saturated carbocycles. The van der Waals surface area contributed by atoms with Crippen molar-refractivity contribution in [1.29, 1.82) is 0 Å². The summed E-state index contributed by atoms with van der Waals surface area (Å²) in [5, 5.41) is 3.57. The fourth-order valence-electron chi connectivity index (χ4n) is 3.21. The Bertz CT molecular complexity index is 1300. The van der Waals surface area contributed by atoms with E-state index >= 15 is 0 Å². The molecule has 1 amide bonds. The van der Waals surface area contributed by atoms with Crippen LogP contribution in [0.1, 0.15) is 5.56 Å². The van der Waals surface area contributed by atoms with E-state index in [1.165, 1.54) is 39.5 Å². The zero-order chi connectivity index (χ0) is 25.6. The number of carbonyl (C=O) groups is 1. The Hall–Kier alpha value is -3.14. The van der Waals surface area contributed by atoms with Gasteiger partial charge in [-0.3, -0.25) is 9.10 Å². The molecular formula is C24H24Cl2N2O6S. The second kappa shape index (κ2) is 11.5. The summed E-state index contributed by atoms with van der Waals surface area (Å²) in [6.45, 7) is -0.379. The molecular weight excluding hydrogens is 515 g/mol. The standard InChI is InChI=1S/C24H24Cl2N2O6S/c1-32-19-8-6-18(7-9-19)28(15-24(29)27-14-16-4-5-17(25)12-21(16)26)35(30,31)20-10-11-22(33-2)23(13-20)34-3/h4-13H,14-15H2,1-3H3,(H,27,29). The molecule has 3 rings (SSSR count). The van der Waals surface area contributed by atoms with E-state index < -0.39 is 22.5 Å². The number of halogens is 2. The number of nitrogens with zero attached hydrogens (tertiary/aromatic N) is 1. The molecule has 0 aromatic heterocycles. The largest absolute Gasteiger partial charge is 0.497 e. The maximum atomic E-state index is 13.6. The number of amides is 1. The predicted molar refractivity (Wildman–Crippen MR) is 135 cm³/mol.